The van der Waals surface area contributed by atoms with Gasteiger partial charge in [0.2, 0.25) is 5.82 Å². The lowest BCUT2D eigenvalue weighted by Crippen LogP contribution is -1.99. The molecular formula is C18H26N2O2. The molecule has 1 heterocycles. The summed E-state index contributed by atoms with van der Waals surface area (Å²) in [6.07, 6.45) is 6.78. The summed E-state index contributed by atoms with van der Waals surface area (Å²) in [7, 11) is 0. The first-order chi connectivity index (χ1) is 10.7. The normalized spacial score (nSPS) is 12.5. The van der Waals surface area contributed by atoms with Crippen molar-refractivity contribution in [2.24, 2.45) is 0 Å². The molecule has 0 aliphatic rings. The molecule has 0 radical (unpaired) electrons. The number of hydrogen-bond acceptors (Lipinski definition) is 4. The topological polar surface area (TPSA) is 59.2 Å². The number of benzene rings is 1. The Morgan fingerprint density at radius 1 is 1.14 bits per heavy atom. The van der Waals surface area contributed by atoms with Crippen LogP contribution >= 0.6 is 0 Å². The van der Waals surface area contributed by atoms with Gasteiger partial charge in [-0.3, -0.25) is 0 Å². The number of unbranched alkanes of at least 4 members (excludes halogenated alkanes) is 3. The fourth-order valence-corrected chi connectivity index (χ4v) is 2.45. The number of aliphatic hydroxyl groups excluding tert-OH is 1. The third-order valence-corrected chi connectivity index (χ3v) is 3.81. The Kier molecular flexibility index (Phi) is 6.59. The zero-order valence-electron chi connectivity index (χ0n) is 13.6. The molecule has 0 spiro atoms. The van der Waals surface area contributed by atoms with Gasteiger partial charge in [-0.1, -0.05) is 56.8 Å². The number of hydrogen-bond donors (Lipinski definition) is 1. The molecule has 2 rings (SSSR count). The minimum Gasteiger partial charge on any atom is -0.385 e. The van der Waals surface area contributed by atoms with Crippen LogP contribution in [0.3, 0.4) is 0 Å². The minimum atomic E-state index is -0.634. The second kappa shape index (κ2) is 8.69. The number of aromatic nitrogens is 2. The summed E-state index contributed by atoms with van der Waals surface area (Å²) in [4.78, 5) is 4.34. The molecule has 0 bridgehead atoms. The molecule has 0 amide bonds. The van der Waals surface area contributed by atoms with Crippen LogP contribution in [0.4, 0.5) is 0 Å². The quantitative estimate of drug-likeness (QED) is 0.682. The van der Waals surface area contributed by atoms with Crippen molar-refractivity contribution in [2.75, 3.05) is 0 Å². The fourth-order valence-electron chi connectivity index (χ4n) is 2.45. The first kappa shape index (κ1) is 16.7. The van der Waals surface area contributed by atoms with E-state index in [1.54, 1.807) is 0 Å². The van der Waals surface area contributed by atoms with Crippen LogP contribution in [0.2, 0.25) is 0 Å². The molecule has 22 heavy (non-hydrogen) atoms. The Bertz CT molecular complexity index is 566. The van der Waals surface area contributed by atoms with E-state index in [1.165, 1.54) is 24.8 Å². The molecule has 0 saturated heterocycles. The van der Waals surface area contributed by atoms with Crippen molar-refractivity contribution in [2.45, 2.75) is 64.9 Å². The lowest BCUT2D eigenvalue weighted by atomic mass is 10.0. The third kappa shape index (κ3) is 4.67. The van der Waals surface area contributed by atoms with E-state index < -0.39 is 6.10 Å². The second-order valence-corrected chi connectivity index (χ2v) is 5.77. The van der Waals surface area contributed by atoms with Gasteiger partial charge in [-0.05, 0) is 37.0 Å². The van der Waals surface area contributed by atoms with Crippen LogP contribution in [0.1, 0.15) is 69.9 Å². The van der Waals surface area contributed by atoms with E-state index in [9.17, 15) is 5.11 Å². The van der Waals surface area contributed by atoms with Crippen LogP contribution in [-0.2, 0) is 6.42 Å². The smallest absolute Gasteiger partial charge is 0.258 e. The van der Waals surface area contributed by atoms with Gasteiger partial charge >= 0.3 is 0 Å². The summed E-state index contributed by atoms with van der Waals surface area (Å²) in [5.41, 5.74) is 2.22. The average molecular weight is 302 g/mol. The van der Waals surface area contributed by atoms with Crippen LogP contribution in [0.15, 0.2) is 28.8 Å². The minimum absolute atomic E-state index is 0.389. The molecule has 2 aromatic rings. The van der Waals surface area contributed by atoms with Crippen molar-refractivity contribution in [3.63, 3.8) is 0 Å². The molecule has 0 aliphatic heterocycles. The molecule has 1 unspecified atom stereocenters. The summed E-state index contributed by atoms with van der Waals surface area (Å²) in [6, 6.07) is 8.23. The van der Waals surface area contributed by atoms with Gasteiger partial charge in [0, 0.05) is 5.56 Å². The summed E-state index contributed by atoms with van der Waals surface area (Å²) in [6.45, 7) is 4.30. The highest BCUT2D eigenvalue weighted by Gasteiger charge is 2.16. The van der Waals surface area contributed by atoms with Gasteiger partial charge in [0.25, 0.3) is 5.89 Å². The maximum Gasteiger partial charge on any atom is 0.258 e. The SMILES string of the molecule is CCCCCc1cccc(-c2nc(C(O)CCCC)no2)c1. The van der Waals surface area contributed by atoms with E-state index in [4.69, 9.17) is 4.52 Å². The lowest BCUT2D eigenvalue weighted by Gasteiger charge is -2.03. The second-order valence-electron chi connectivity index (χ2n) is 5.77. The Morgan fingerprint density at radius 3 is 2.73 bits per heavy atom. The van der Waals surface area contributed by atoms with E-state index >= 15 is 0 Å². The Morgan fingerprint density at radius 2 is 1.95 bits per heavy atom. The fraction of sp³-hybridized carbons (Fsp3) is 0.556. The Hall–Kier alpha value is -1.68. The van der Waals surface area contributed by atoms with Crippen LogP contribution in [0.25, 0.3) is 11.5 Å². The molecule has 0 aliphatic carbocycles. The molecule has 1 aromatic heterocycles. The zero-order chi connectivity index (χ0) is 15.8. The average Bonchev–Trinajstić information content (AvgIpc) is 3.03. The van der Waals surface area contributed by atoms with E-state index in [0.29, 0.717) is 18.1 Å². The van der Waals surface area contributed by atoms with Gasteiger partial charge in [0.15, 0.2) is 0 Å². The molecule has 4 nitrogen and oxygen atoms in total. The van der Waals surface area contributed by atoms with Gasteiger partial charge in [0.1, 0.15) is 6.10 Å². The predicted molar refractivity (Wildman–Crippen MR) is 87.4 cm³/mol. The van der Waals surface area contributed by atoms with E-state index in [-0.39, 0.29) is 0 Å². The molecule has 120 valence electrons. The summed E-state index contributed by atoms with van der Waals surface area (Å²) < 4.78 is 5.31. The molecular weight excluding hydrogens is 276 g/mol. The number of aryl methyl sites for hydroxylation is 1. The molecule has 1 aromatic carbocycles. The lowest BCUT2D eigenvalue weighted by molar-refractivity contribution is 0.151. The van der Waals surface area contributed by atoms with Crippen molar-refractivity contribution in [1.29, 1.82) is 0 Å². The highest BCUT2D eigenvalue weighted by atomic mass is 16.5. The van der Waals surface area contributed by atoms with Gasteiger partial charge in [-0.2, -0.15) is 4.98 Å². The van der Waals surface area contributed by atoms with E-state index in [0.717, 1.165) is 24.8 Å². The van der Waals surface area contributed by atoms with Crippen LogP contribution in [0.5, 0.6) is 0 Å². The van der Waals surface area contributed by atoms with Crippen LogP contribution in [-0.4, -0.2) is 15.2 Å². The van der Waals surface area contributed by atoms with Gasteiger partial charge in [-0.25, -0.2) is 0 Å². The molecule has 4 heteroatoms. The Labute approximate surface area is 132 Å². The highest BCUT2D eigenvalue weighted by molar-refractivity contribution is 5.54. The van der Waals surface area contributed by atoms with Crippen LogP contribution in [0, 0.1) is 0 Å². The largest absolute Gasteiger partial charge is 0.385 e. The highest BCUT2D eigenvalue weighted by Crippen LogP contribution is 2.23. The summed E-state index contributed by atoms with van der Waals surface area (Å²) >= 11 is 0. The van der Waals surface area contributed by atoms with Crippen molar-refractivity contribution < 1.29 is 9.63 Å². The van der Waals surface area contributed by atoms with Crippen LogP contribution < -0.4 is 0 Å². The molecule has 1 atom stereocenters. The molecule has 0 saturated carbocycles. The number of aliphatic hydroxyl groups is 1. The summed E-state index contributed by atoms with van der Waals surface area (Å²) in [5.74, 6) is 0.878. The van der Waals surface area contributed by atoms with Gasteiger partial charge in [0.05, 0.1) is 0 Å². The standard InChI is InChI=1S/C18H26N2O2/c1-3-5-7-9-14-10-8-11-15(13-14)18-19-17(20-22-18)16(21)12-6-4-2/h8,10-11,13,16,21H,3-7,9,12H2,1-2H3. The van der Waals surface area contributed by atoms with Crippen molar-refractivity contribution >= 4 is 0 Å². The van der Waals surface area contributed by atoms with E-state index in [1.807, 2.05) is 12.1 Å². The third-order valence-electron chi connectivity index (χ3n) is 3.81. The summed E-state index contributed by atoms with van der Waals surface area (Å²) in [5, 5.41) is 13.9. The molecule has 1 N–H and O–H groups in total. The predicted octanol–water partition coefficient (Wildman–Crippen LogP) is 4.69. The maximum absolute atomic E-state index is 10.0. The number of nitrogens with zero attached hydrogens (tertiary/aromatic N) is 2. The Balaban J connectivity index is 2.05. The monoisotopic (exact) mass is 302 g/mol. The maximum atomic E-state index is 10.0. The van der Waals surface area contributed by atoms with E-state index in [2.05, 4.69) is 36.1 Å². The zero-order valence-corrected chi connectivity index (χ0v) is 13.6. The first-order valence-corrected chi connectivity index (χ1v) is 8.35. The van der Waals surface area contributed by atoms with Crippen molar-refractivity contribution in [1.82, 2.24) is 10.1 Å². The van der Waals surface area contributed by atoms with Crippen molar-refractivity contribution in [3.05, 3.63) is 35.7 Å². The number of rotatable bonds is 9. The van der Waals surface area contributed by atoms with Gasteiger partial charge < -0.3 is 9.63 Å². The first-order valence-electron chi connectivity index (χ1n) is 8.35. The molecule has 0 fully saturated rings. The van der Waals surface area contributed by atoms with Crippen molar-refractivity contribution in [3.8, 4) is 11.5 Å². The van der Waals surface area contributed by atoms with Gasteiger partial charge in [-0.15, -0.1) is 0 Å².